The van der Waals surface area contributed by atoms with Crippen molar-refractivity contribution >= 4 is 16.7 Å². The van der Waals surface area contributed by atoms with Crippen molar-refractivity contribution in [3.8, 4) is 11.5 Å². The van der Waals surface area contributed by atoms with Crippen LogP contribution in [0.1, 0.15) is 5.56 Å². The van der Waals surface area contributed by atoms with Crippen molar-refractivity contribution in [3.05, 3.63) is 64.5 Å². The van der Waals surface area contributed by atoms with Crippen LogP contribution in [-0.4, -0.2) is 40.4 Å². The van der Waals surface area contributed by atoms with Gasteiger partial charge in [0.25, 0.3) is 0 Å². The van der Waals surface area contributed by atoms with Crippen LogP contribution in [0, 0.1) is 0 Å². The lowest BCUT2D eigenvalue weighted by Crippen LogP contribution is -3.13. The molecular formula is C22H25N2O4+. The number of hydrogen-bond acceptors (Lipinski definition) is 5. The summed E-state index contributed by atoms with van der Waals surface area (Å²) in [6.07, 6.45) is 0. The van der Waals surface area contributed by atoms with Gasteiger partial charge in [-0.3, -0.25) is 0 Å². The summed E-state index contributed by atoms with van der Waals surface area (Å²) in [5.41, 5.74) is 2.42. The highest BCUT2D eigenvalue weighted by molar-refractivity contribution is 5.81. The minimum atomic E-state index is -0.317. The predicted octanol–water partition coefficient (Wildman–Crippen LogP) is 1.72. The van der Waals surface area contributed by atoms with Gasteiger partial charge in [0.05, 0.1) is 46.1 Å². The van der Waals surface area contributed by atoms with Crippen LogP contribution in [0.3, 0.4) is 0 Å². The zero-order chi connectivity index (χ0) is 19.5. The molecule has 0 saturated carbocycles. The monoisotopic (exact) mass is 381 g/mol. The number of piperazine rings is 1. The average molecular weight is 381 g/mol. The fourth-order valence-corrected chi connectivity index (χ4v) is 3.88. The Morgan fingerprint density at radius 2 is 1.82 bits per heavy atom. The van der Waals surface area contributed by atoms with Gasteiger partial charge in [0.2, 0.25) is 0 Å². The Kier molecular flexibility index (Phi) is 5.21. The third-order valence-electron chi connectivity index (χ3n) is 5.37. The minimum absolute atomic E-state index is 0.317. The summed E-state index contributed by atoms with van der Waals surface area (Å²) in [7, 11) is 3.32. The van der Waals surface area contributed by atoms with Crippen LogP contribution in [0.5, 0.6) is 11.5 Å². The van der Waals surface area contributed by atoms with E-state index in [2.05, 4.69) is 11.0 Å². The molecule has 0 radical (unpaired) electrons. The van der Waals surface area contributed by atoms with Crippen molar-refractivity contribution in [1.82, 2.24) is 0 Å². The number of benzene rings is 2. The van der Waals surface area contributed by atoms with Gasteiger partial charge in [0, 0.05) is 23.1 Å². The second-order valence-electron chi connectivity index (χ2n) is 7.04. The zero-order valence-corrected chi connectivity index (χ0v) is 16.2. The third-order valence-corrected chi connectivity index (χ3v) is 5.37. The van der Waals surface area contributed by atoms with Crippen molar-refractivity contribution < 1.29 is 18.8 Å². The van der Waals surface area contributed by atoms with E-state index < -0.39 is 0 Å². The highest BCUT2D eigenvalue weighted by Crippen LogP contribution is 2.27. The quantitative estimate of drug-likeness (QED) is 0.682. The lowest BCUT2D eigenvalue weighted by molar-refractivity contribution is -0.914. The molecule has 3 aromatic rings. The summed E-state index contributed by atoms with van der Waals surface area (Å²) in [6.45, 7) is 4.69. The molecule has 0 aliphatic carbocycles. The van der Waals surface area contributed by atoms with Gasteiger partial charge in [0.15, 0.2) is 0 Å². The SMILES string of the molecule is COc1ccc2c(C[NH+]3CCN(c4ccccc4OC)CC3)cc(=O)oc2c1. The molecule has 1 saturated heterocycles. The van der Waals surface area contributed by atoms with Gasteiger partial charge in [0.1, 0.15) is 23.6 Å². The van der Waals surface area contributed by atoms with E-state index in [0.717, 1.165) is 55.1 Å². The van der Waals surface area contributed by atoms with Crippen molar-refractivity contribution in [2.75, 3.05) is 45.3 Å². The Labute approximate surface area is 163 Å². The van der Waals surface area contributed by atoms with E-state index in [1.807, 2.05) is 30.3 Å². The molecule has 1 fully saturated rings. The second kappa shape index (κ2) is 7.94. The number of para-hydroxylation sites is 2. The lowest BCUT2D eigenvalue weighted by atomic mass is 10.1. The number of rotatable bonds is 5. The first-order valence-corrected chi connectivity index (χ1v) is 9.50. The van der Waals surface area contributed by atoms with Gasteiger partial charge in [-0.2, -0.15) is 0 Å². The molecule has 0 spiro atoms. The minimum Gasteiger partial charge on any atom is -0.497 e. The van der Waals surface area contributed by atoms with Crippen molar-refractivity contribution in [1.29, 1.82) is 0 Å². The molecule has 2 aromatic carbocycles. The summed E-state index contributed by atoms with van der Waals surface area (Å²) in [5, 5.41) is 0.972. The molecule has 0 bridgehead atoms. The second-order valence-corrected chi connectivity index (χ2v) is 7.04. The van der Waals surface area contributed by atoms with Crippen molar-refractivity contribution in [2.24, 2.45) is 0 Å². The first-order chi connectivity index (χ1) is 13.7. The van der Waals surface area contributed by atoms with Gasteiger partial charge in [-0.15, -0.1) is 0 Å². The maximum Gasteiger partial charge on any atom is 0.336 e. The number of hydrogen-bond donors (Lipinski definition) is 1. The van der Waals surface area contributed by atoms with E-state index in [0.29, 0.717) is 11.3 Å². The summed E-state index contributed by atoms with van der Waals surface area (Å²) in [6, 6.07) is 15.4. The van der Waals surface area contributed by atoms with Crippen molar-refractivity contribution in [3.63, 3.8) is 0 Å². The first kappa shape index (κ1) is 18.4. The van der Waals surface area contributed by atoms with E-state index in [9.17, 15) is 4.79 Å². The topological polar surface area (TPSA) is 56.4 Å². The van der Waals surface area contributed by atoms with E-state index >= 15 is 0 Å². The third kappa shape index (κ3) is 3.68. The van der Waals surface area contributed by atoms with Crippen LogP contribution >= 0.6 is 0 Å². The molecule has 1 aromatic heterocycles. The molecule has 1 aliphatic rings. The molecule has 6 nitrogen and oxygen atoms in total. The van der Waals surface area contributed by atoms with E-state index in [-0.39, 0.29) is 5.63 Å². The fraction of sp³-hybridized carbons (Fsp3) is 0.318. The number of anilines is 1. The number of nitrogens with zero attached hydrogens (tertiary/aromatic N) is 1. The smallest absolute Gasteiger partial charge is 0.336 e. The molecular weight excluding hydrogens is 356 g/mol. The highest BCUT2D eigenvalue weighted by atomic mass is 16.5. The summed E-state index contributed by atoms with van der Waals surface area (Å²) >= 11 is 0. The van der Waals surface area contributed by atoms with Gasteiger partial charge in [-0.1, -0.05) is 12.1 Å². The number of nitrogens with one attached hydrogen (secondary N) is 1. The Bertz CT molecular complexity index is 1020. The summed E-state index contributed by atoms with van der Waals surface area (Å²) in [5.74, 6) is 1.59. The number of ether oxygens (including phenoxy) is 2. The van der Waals surface area contributed by atoms with Crippen LogP contribution in [0.25, 0.3) is 11.0 Å². The Balaban J connectivity index is 1.50. The fourth-order valence-electron chi connectivity index (χ4n) is 3.88. The molecule has 4 rings (SSSR count). The predicted molar refractivity (Wildman–Crippen MR) is 109 cm³/mol. The van der Waals surface area contributed by atoms with Gasteiger partial charge < -0.3 is 23.7 Å². The average Bonchev–Trinajstić information content (AvgIpc) is 2.73. The molecule has 0 unspecified atom stereocenters. The maximum absolute atomic E-state index is 12.0. The molecule has 1 aliphatic heterocycles. The largest absolute Gasteiger partial charge is 0.497 e. The normalized spacial score (nSPS) is 15.0. The summed E-state index contributed by atoms with van der Waals surface area (Å²) < 4.78 is 16.1. The standard InChI is InChI=1S/C22H24N2O4/c1-26-17-7-8-18-16(13-22(25)28-21(18)14-17)15-23-9-11-24(12-10-23)19-5-3-4-6-20(19)27-2/h3-8,13-14H,9-12,15H2,1-2H3/p+1. The Hall–Kier alpha value is -2.99. The van der Waals surface area contributed by atoms with Crippen LogP contribution < -0.4 is 24.9 Å². The van der Waals surface area contributed by atoms with Crippen LogP contribution in [0.4, 0.5) is 5.69 Å². The van der Waals surface area contributed by atoms with Crippen LogP contribution in [0.15, 0.2) is 57.7 Å². The van der Waals surface area contributed by atoms with Gasteiger partial charge >= 0.3 is 5.63 Å². The molecule has 2 heterocycles. The molecule has 6 heteroatoms. The highest BCUT2D eigenvalue weighted by Gasteiger charge is 2.23. The molecule has 1 N–H and O–H groups in total. The van der Waals surface area contributed by atoms with E-state index in [4.69, 9.17) is 13.9 Å². The van der Waals surface area contributed by atoms with E-state index in [1.165, 1.54) is 4.90 Å². The zero-order valence-electron chi connectivity index (χ0n) is 16.2. The molecule has 28 heavy (non-hydrogen) atoms. The Morgan fingerprint density at radius 3 is 2.57 bits per heavy atom. The van der Waals surface area contributed by atoms with E-state index in [1.54, 1.807) is 26.4 Å². The van der Waals surface area contributed by atoms with Gasteiger partial charge in [-0.05, 0) is 24.3 Å². The number of quaternary nitrogens is 1. The number of fused-ring (bicyclic) bond motifs is 1. The van der Waals surface area contributed by atoms with Crippen LogP contribution in [-0.2, 0) is 6.54 Å². The number of methoxy groups -OCH3 is 2. The molecule has 0 amide bonds. The maximum atomic E-state index is 12.0. The van der Waals surface area contributed by atoms with Crippen LogP contribution in [0.2, 0.25) is 0 Å². The first-order valence-electron chi connectivity index (χ1n) is 9.50. The van der Waals surface area contributed by atoms with Crippen molar-refractivity contribution in [2.45, 2.75) is 6.54 Å². The van der Waals surface area contributed by atoms with Gasteiger partial charge in [-0.25, -0.2) is 4.79 Å². The lowest BCUT2D eigenvalue weighted by Gasteiger charge is -2.34. The molecule has 146 valence electrons. The summed E-state index contributed by atoms with van der Waals surface area (Å²) in [4.78, 5) is 15.8. The Morgan fingerprint density at radius 1 is 1.04 bits per heavy atom. The molecule has 0 atom stereocenters.